The van der Waals surface area contributed by atoms with Gasteiger partial charge in [-0.15, -0.1) is 0 Å². The van der Waals surface area contributed by atoms with Crippen LogP contribution in [0.1, 0.15) is 16.3 Å². The SMILES string of the molecule is COc1ccc(NC2=C(Sc3ccc(NC(=O)c4ccco4)cc3)C(=O)N(Cc3ccco3)C2=O)c(OC)c1. The molecule has 0 unspecified atom stereocenters. The van der Waals surface area contributed by atoms with Crippen LogP contribution in [0.15, 0.2) is 104 Å². The van der Waals surface area contributed by atoms with Crippen LogP contribution < -0.4 is 20.1 Å². The lowest BCUT2D eigenvalue weighted by molar-refractivity contribution is -0.138. The Hall–Kier alpha value is -4.90. The van der Waals surface area contributed by atoms with Crippen molar-refractivity contribution in [1.29, 1.82) is 0 Å². The first-order valence-corrected chi connectivity index (χ1v) is 12.5. The third-order valence-corrected chi connectivity index (χ3v) is 6.86. The van der Waals surface area contributed by atoms with E-state index in [0.717, 1.165) is 16.7 Å². The minimum absolute atomic E-state index is 0.0165. The van der Waals surface area contributed by atoms with Crippen molar-refractivity contribution in [3.05, 3.63) is 101 Å². The second kappa shape index (κ2) is 11.2. The first kappa shape index (κ1) is 25.7. The number of anilines is 2. The number of carbonyl (C=O) groups excluding carboxylic acids is 3. The molecule has 2 aromatic heterocycles. The Morgan fingerprint density at radius 2 is 1.69 bits per heavy atom. The molecule has 0 bridgehead atoms. The van der Waals surface area contributed by atoms with Crippen molar-refractivity contribution in [3.8, 4) is 11.5 Å². The predicted molar refractivity (Wildman–Crippen MR) is 143 cm³/mol. The zero-order valence-corrected chi connectivity index (χ0v) is 21.7. The highest BCUT2D eigenvalue weighted by atomic mass is 32.2. The molecule has 0 atom stereocenters. The van der Waals surface area contributed by atoms with Crippen LogP contribution in [0.2, 0.25) is 0 Å². The van der Waals surface area contributed by atoms with Gasteiger partial charge in [0, 0.05) is 16.6 Å². The minimum atomic E-state index is -0.501. The maximum atomic E-state index is 13.5. The summed E-state index contributed by atoms with van der Waals surface area (Å²) in [5.74, 6) is 0.330. The van der Waals surface area contributed by atoms with Gasteiger partial charge in [-0.25, -0.2) is 0 Å². The molecule has 2 aromatic carbocycles. The summed E-state index contributed by atoms with van der Waals surface area (Å²) in [6, 6.07) is 18.6. The number of carbonyl (C=O) groups is 3. The van der Waals surface area contributed by atoms with Crippen LogP contribution in [-0.4, -0.2) is 36.8 Å². The Kier molecular flexibility index (Phi) is 7.41. The normalized spacial score (nSPS) is 13.1. The van der Waals surface area contributed by atoms with Crippen LogP contribution in [0, 0.1) is 0 Å². The molecule has 0 radical (unpaired) electrons. The molecule has 3 heterocycles. The molecule has 5 rings (SSSR count). The van der Waals surface area contributed by atoms with E-state index in [-0.39, 0.29) is 28.8 Å². The van der Waals surface area contributed by atoms with Gasteiger partial charge in [0.05, 0.1) is 39.0 Å². The molecule has 0 aliphatic carbocycles. The lowest BCUT2D eigenvalue weighted by Gasteiger charge is -2.15. The third kappa shape index (κ3) is 5.53. The van der Waals surface area contributed by atoms with Crippen LogP contribution in [0.5, 0.6) is 11.5 Å². The first-order chi connectivity index (χ1) is 19.0. The Morgan fingerprint density at radius 3 is 2.36 bits per heavy atom. The average molecular weight is 546 g/mol. The molecule has 1 aliphatic heterocycles. The van der Waals surface area contributed by atoms with Crippen LogP contribution >= 0.6 is 11.8 Å². The number of nitrogens with one attached hydrogen (secondary N) is 2. The van der Waals surface area contributed by atoms with Gasteiger partial charge in [0.1, 0.15) is 27.9 Å². The number of amides is 3. The summed E-state index contributed by atoms with van der Waals surface area (Å²) in [4.78, 5) is 41.2. The number of furan rings is 2. The van der Waals surface area contributed by atoms with E-state index < -0.39 is 11.8 Å². The lowest BCUT2D eigenvalue weighted by atomic mass is 10.2. The quantitative estimate of drug-likeness (QED) is 0.261. The largest absolute Gasteiger partial charge is 0.497 e. The third-order valence-electron chi connectivity index (χ3n) is 5.76. The number of imide groups is 1. The molecule has 4 aromatic rings. The van der Waals surface area contributed by atoms with Crippen LogP contribution in [0.4, 0.5) is 11.4 Å². The summed E-state index contributed by atoms with van der Waals surface area (Å²) in [6.07, 6.45) is 2.90. The van der Waals surface area contributed by atoms with Gasteiger partial charge < -0.3 is 28.9 Å². The van der Waals surface area contributed by atoms with E-state index in [4.69, 9.17) is 18.3 Å². The Balaban J connectivity index is 1.42. The number of benzene rings is 2. The van der Waals surface area contributed by atoms with Crippen molar-refractivity contribution in [2.45, 2.75) is 11.4 Å². The van der Waals surface area contributed by atoms with Crippen molar-refractivity contribution in [3.63, 3.8) is 0 Å². The molecule has 11 heteroatoms. The Labute approximate surface area is 227 Å². The number of methoxy groups -OCH3 is 2. The second-order valence-electron chi connectivity index (χ2n) is 8.23. The van der Waals surface area contributed by atoms with Gasteiger partial charge in [0.25, 0.3) is 17.7 Å². The number of nitrogens with zero attached hydrogens (tertiary/aromatic N) is 1. The molecule has 0 saturated heterocycles. The number of rotatable bonds is 10. The van der Waals surface area contributed by atoms with Crippen molar-refractivity contribution in [2.75, 3.05) is 24.9 Å². The fourth-order valence-corrected chi connectivity index (χ4v) is 4.77. The smallest absolute Gasteiger partial charge is 0.291 e. The van der Waals surface area contributed by atoms with Gasteiger partial charge in [-0.2, -0.15) is 0 Å². The van der Waals surface area contributed by atoms with Gasteiger partial charge in [-0.1, -0.05) is 11.8 Å². The highest BCUT2D eigenvalue weighted by molar-refractivity contribution is 8.04. The summed E-state index contributed by atoms with van der Waals surface area (Å²) < 4.78 is 21.2. The molecule has 39 heavy (non-hydrogen) atoms. The lowest BCUT2D eigenvalue weighted by Crippen LogP contribution is -2.31. The molecule has 1 aliphatic rings. The fourth-order valence-electron chi connectivity index (χ4n) is 3.82. The zero-order chi connectivity index (χ0) is 27.4. The molecule has 0 spiro atoms. The zero-order valence-electron chi connectivity index (χ0n) is 20.9. The molecule has 0 saturated carbocycles. The van der Waals surface area contributed by atoms with E-state index in [9.17, 15) is 14.4 Å². The molecular formula is C28H23N3O7S. The van der Waals surface area contributed by atoms with Crippen LogP contribution in [0.3, 0.4) is 0 Å². The van der Waals surface area contributed by atoms with E-state index in [2.05, 4.69) is 10.6 Å². The highest BCUT2D eigenvalue weighted by Gasteiger charge is 2.40. The molecular weight excluding hydrogens is 522 g/mol. The summed E-state index contributed by atoms with van der Waals surface area (Å²) >= 11 is 1.13. The van der Waals surface area contributed by atoms with Crippen molar-refractivity contribution >= 4 is 40.9 Å². The second-order valence-corrected chi connectivity index (χ2v) is 9.31. The molecule has 3 amide bonds. The van der Waals surface area contributed by atoms with Crippen LogP contribution in [0.25, 0.3) is 0 Å². The van der Waals surface area contributed by atoms with Gasteiger partial charge in [-0.05, 0) is 60.7 Å². The van der Waals surface area contributed by atoms with Gasteiger partial charge in [-0.3, -0.25) is 19.3 Å². The van der Waals surface area contributed by atoms with Gasteiger partial charge in [0.15, 0.2) is 5.76 Å². The minimum Gasteiger partial charge on any atom is -0.497 e. The Bertz CT molecular complexity index is 1530. The standard InChI is InChI=1S/C28H23N3O7S/c1-35-18-9-12-21(23(15-18)36-2)30-24-25(28(34)31(27(24)33)16-19-5-3-13-37-19)39-20-10-7-17(8-11-20)29-26(32)22-6-4-14-38-22/h3-15,30H,16H2,1-2H3,(H,29,32). The van der Waals surface area contributed by atoms with E-state index in [1.165, 1.54) is 19.6 Å². The summed E-state index contributed by atoms with van der Waals surface area (Å²) in [7, 11) is 3.04. The molecule has 2 N–H and O–H groups in total. The first-order valence-electron chi connectivity index (χ1n) is 11.7. The summed E-state index contributed by atoms with van der Waals surface area (Å²) in [6.45, 7) is -0.0165. The number of hydrogen-bond donors (Lipinski definition) is 2. The summed E-state index contributed by atoms with van der Waals surface area (Å²) in [5.41, 5.74) is 1.14. The van der Waals surface area contributed by atoms with Gasteiger partial charge in [0.2, 0.25) is 0 Å². The van der Waals surface area contributed by atoms with E-state index in [1.807, 2.05) is 0 Å². The maximum Gasteiger partial charge on any atom is 0.291 e. The number of ether oxygens (including phenoxy) is 2. The highest BCUT2D eigenvalue weighted by Crippen LogP contribution is 2.39. The van der Waals surface area contributed by atoms with E-state index in [1.54, 1.807) is 73.8 Å². The topological polar surface area (TPSA) is 123 Å². The van der Waals surface area contributed by atoms with Crippen molar-refractivity contribution < 1.29 is 32.7 Å². The average Bonchev–Trinajstić information content (AvgIpc) is 3.72. The fraction of sp³-hybridized carbons (Fsp3) is 0.107. The number of hydrogen-bond acceptors (Lipinski definition) is 9. The molecule has 10 nitrogen and oxygen atoms in total. The molecule has 0 fully saturated rings. The van der Waals surface area contributed by atoms with E-state index in [0.29, 0.717) is 33.5 Å². The van der Waals surface area contributed by atoms with Gasteiger partial charge >= 0.3 is 0 Å². The predicted octanol–water partition coefficient (Wildman–Crippen LogP) is 5.13. The summed E-state index contributed by atoms with van der Waals surface area (Å²) in [5, 5.41) is 5.84. The molecule has 198 valence electrons. The maximum absolute atomic E-state index is 13.5. The van der Waals surface area contributed by atoms with Crippen molar-refractivity contribution in [1.82, 2.24) is 4.90 Å². The van der Waals surface area contributed by atoms with E-state index >= 15 is 0 Å². The van der Waals surface area contributed by atoms with Crippen molar-refractivity contribution in [2.24, 2.45) is 0 Å². The monoisotopic (exact) mass is 545 g/mol. The Morgan fingerprint density at radius 1 is 0.923 bits per heavy atom. The van der Waals surface area contributed by atoms with Crippen LogP contribution in [-0.2, 0) is 16.1 Å². The number of thioether (sulfide) groups is 1.